The number of carbonyl (C=O) groups excluding carboxylic acids is 1. The lowest BCUT2D eigenvalue weighted by Crippen LogP contribution is -2.24. The number of rotatable bonds is 9. The average Bonchev–Trinajstić information content (AvgIpc) is 2.71. The standard InChI is InChI=1S/C22H23F4NO4/c1-3-4-14(21(29)30)9-13-5-8-19(31-2)15(10-13)12-27-20(28)17-7-6-16(11-18(17)23)22(24,25)26/h5-8,10-11,14H,3-4,9,12H2,1-2H3,(H,27,28)(H,29,30). The SMILES string of the molecule is CCCC(Cc1ccc(OC)c(CNC(=O)c2ccc(C(F)(F)F)cc2F)c1)C(=O)O. The van der Waals surface area contributed by atoms with Gasteiger partial charge >= 0.3 is 12.1 Å². The molecule has 0 spiro atoms. The maximum Gasteiger partial charge on any atom is 0.416 e. The Hall–Kier alpha value is -3.10. The Morgan fingerprint density at radius 3 is 2.42 bits per heavy atom. The Kier molecular flexibility index (Phi) is 8.01. The van der Waals surface area contributed by atoms with Crippen molar-refractivity contribution in [3.63, 3.8) is 0 Å². The van der Waals surface area contributed by atoms with Crippen molar-refractivity contribution >= 4 is 11.9 Å². The Labute approximate surface area is 177 Å². The van der Waals surface area contributed by atoms with E-state index in [0.29, 0.717) is 36.6 Å². The van der Waals surface area contributed by atoms with Gasteiger partial charge in [0.05, 0.1) is 24.2 Å². The molecule has 0 aromatic heterocycles. The van der Waals surface area contributed by atoms with E-state index in [1.54, 1.807) is 18.2 Å². The summed E-state index contributed by atoms with van der Waals surface area (Å²) in [6, 6.07) is 6.75. The molecular formula is C22H23F4NO4. The van der Waals surface area contributed by atoms with Crippen molar-refractivity contribution in [2.75, 3.05) is 7.11 Å². The summed E-state index contributed by atoms with van der Waals surface area (Å²) in [6.45, 7) is 1.81. The fraction of sp³-hybridized carbons (Fsp3) is 0.364. The number of amides is 1. The Balaban J connectivity index is 2.16. The molecule has 0 saturated heterocycles. The molecule has 2 aromatic carbocycles. The van der Waals surface area contributed by atoms with E-state index >= 15 is 0 Å². The summed E-state index contributed by atoms with van der Waals surface area (Å²) in [5, 5.41) is 11.8. The number of carbonyl (C=O) groups is 2. The van der Waals surface area contributed by atoms with Gasteiger partial charge in [0.15, 0.2) is 0 Å². The number of aliphatic carboxylic acids is 1. The van der Waals surface area contributed by atoms with E-state index in [4.69, 9.17) is 4.74 Å². The third kappa shape index (κ3) is 6.44. The van der Waals surface area contributed by atoms with Crippen molar-refractivity contribution in [3.05, 3.63) is 64.5 Å². The molecule has 1 atom stereocenters. The molecule has 0 saturated carbocycles. The number of benzene rings is 2. The van der Waals surface area contributed by atoms with Crippen LogP contribution in [0.25, 0.3) is 0 Å². The van der Waals surface area contributed by atoms with Crippen LogP contribution in [0, 0.1) is 11.7 Å². The molecule has 2 N–H and O–H groups in total. The number of carboxylic acids is 1. The van der Waals surface area contributed by atoms with E-state index in [-0.39, 0.29) is 12.6 Å². The van der Waals surface area contributed by atoms with Crippen LogP contribution < -0.4 is 10.1 Å². The second-order valence-corrected chi connectivity index (χ2v) is 7.05. The number of hydrogen-bond acceptors (Lipinski definition) is 3. The first kappa shape index (κ1) is 24.2. The highest BCUT2D eigenvalue weighted by molar-refractivity contribution is 5.94. The van der Waals surface area contributed by atoms with E-state index in [1.807, 2.05) is 6.92 Å². The van der Waals surface area contributed by atoms with E-state index in [2.05, 4.69) is 5.32 Å². The zero-order chi connectivity index (χ0) is 23.2. The van der Waals surface area contributed by atoms with Crippen LogP contribution in [0.1, 0.15) is 46.8 Å². The first-order valence-corrected chi connectivity index (χ1v) is 9.60. The predicted molar refractivity (Wildman–Crippen MR) is 105 cm³/mol. The second kappa shape index (κ2) is 10.3. The van der Waals surface area contributed by atoms with Crippen molar-refractivity contribution in [3.8, 4) is 5.75 Å². The normalized spacial score (nSPS) is 12.3. The summed E-state index contributed by atoms with van der Waals surface area (Å²) in [6.07, 6.45) is -3.19. The van der Waals surface area contributed by atoms with Crippen LogP contribution in [0.2, 0.25) is 0 Å². The highest BCUT2D eigenvalue weighted by Gasteiger charge is 2.31. The number of carboxylic acid groups (broad SMARTS) is 1. The van der Waals surface area contributed by atoms with Gasteiger partial charge in [0.1, 0.15) is 11.6 Å². The first-order chi connectivity index (χ1) is 14.6. The van der Waals surface area contributed by atoms with Gasteiger partial charge in [-0.25, -0.2) is 4.39 Å². The Morgan fingerprint density at radius 1 is 1.16 bits per heavy atom. The minimum Gasteiger partial charge on any atom is -0.496 e. The van der Waals surface area contributed by atoms with Gasteiger partial charge in [-0.1, -0.05) is 25.5 Å². The Morgan fingerprint density at radius 2 is 1.87 bits per heavy atom. The van der Waals surface area contributed by atoms with Crippen molar-refractivity contribution in [2.24, 2.45) is 5.92 Å². The smallest absolute Gasteiger partial charge is 0.416 e. The van der Waals surface area contributed by atoms with Gasteiger partial charge in [-0.05, 0) is 42.7 Å². The molecule has 0 aliphatic rings. The molecule has 1 unspecified atom stereocenters. The fourth-order valence-electron chi connectivity index (χ4n) is 3.19. The lowest BCUT2D eigenvalue weighted by Gasteiger charge is -2.15. The minimum absolute atomic E-state index is 0.0815. The van der Waals surface area contributed by atoms with Gasteiger partial charge in [0, 0.05) is 12.1 Å². The zero-order valence-electron chi connectivity index (χ0n) is 17.1. The molecule has 1 amide bonds. The summed E-state index contributed by atoms with van der Waals surface area (Å²) >= 11 is 0. The predicted octanol–water partition coefficient (Wildman–Crippen LogP) is 4.83. The van der Waals surface area contributed by atoms with Crippen molar-refractivity contribution in [1.82, 2.24) is 5.32 Å². The summed E-state index contributed by atoms with van der Waals surface area (Å²) < 4.78 is 57.3. The number of alkyl halides is 3. The zero-order valence-corrected chi connectivity index (χ0v) is 17.1. The number of halogens is 4. The third-order valence-corrected chi connectivity index (χ3v) is 4.79. The monoisotopic (exact) mass is 441 g/mol. The molecule has 0 aliphatic heterocycles. The molecule has 0 bridgehead atoms. The van der Waals surface area contributed by atoms with Gasteiger partial charge in [0.2, 0.25) is 0 Å². The highest BCUT2D eigenvalue weighted by Crippen LogP contribution is 2.30. The van der Waals surface area contributed by atoms with Crippen LogP contribution in [0.15, 0.2) is 36.4 Å². The number of ether oxygens (including phenoxy) is 1. The van der Waals surface area contributed by atoms with E-state index in [1.165, 1.54) is 7.11 Å². The van der Waals surface area contributed by atoms with Gasteiger partial charge < -0.3 is 15.2 Å². The van der Waals surface area contributed by atoms with Crippen LogP contribution in [-0.4, -0.2) is 24.1 Å². The van der Waals surface area contributed by atoms with Crippen LogP contribution >= 0.6 is 0 Å². The summed E-state index contributed by atoms with van der Waals surface area (Å²) in [5.41, 5.74) is -0.444. The molecule has 0 radical (unpaired) electrons. The third-order valence-electron chi connectivity index (χ3n) is 4.79. The average molecular weight is 441 g/mol. The van der Waals surface area contributed by atoms with Crippen LogP contribution in [-0.2, 0) is 23.9 Å². The molecule has 9 heteroatoms. The van der Waals surface area contributed by atoms with Crippen molar-refractivity contribution in [1.29, 1.82) is 0 Å². The van der Waals surface area contributed by atoms with Crippen molar-refractivity contribution < 1.29 is 37.0 Å². The number of hydrogen-bond donors (Lipinski definition) is 2. The second-order valence-electron chi connectivity index (χ2n) is 7.05. The van der Waals surface area contributed by atoms with Crippen LogP contribution in [0.3, 0.4) is 0 Å². The van der Waals surface area contributed by atoms with Crippen molar-refractivity contribution in [2.45, 2.75) is 38.9 Å². The van der Waals surface area contributed by atoms with Gasteiger partial charge in [-0.2, -0.15) is 13.2 Å². The Bertz CT molecular complexity index is 944. The molecule has 0 fully saturated rings. The first-order valence-electron chi connectivity index (χ1n) is 9.60. The molecule has 0 aliphatic carbocycles. The molecule has 5 nitrogen and oxygen atoms in total. The topological polar surface area (TPSA) is 75.6 Å². The van der Waals surface area contributed by atoms with Gasteiger partial charge in [0.25, 0.3) is 5.91 Å². The fourth-order valence-corrected chi connectivity index (χ4v) is 3.19. The van der Waals surface area contributed by atoms with E-state index in [9.17, 15) is 32.3 Å². The highest BCUT2D eigenvalue weighted by atomic mass is 19.4. The molecule has 2 aromatic rings. The largest absolute Gasteiger partial charge is 0.496 e. The maximum absolute atomic E-state index is 14.0. The molecular weight excluding hydrogens is 418 g/mol. The summed E-state index contributed by atoms with van der Waals surface area (Å²) in [7, 11) is 1.42. The van der Waals surface area contributed by atoms with Crippen LogP contribution in [0.4, 0.5) is 17.6 Å². The van der Waals surface area contributed by atoms with E-state index in [0.717, 1.165) is 11.6 Å². The number of methoxy groups -OCH3 is 1. The minimum atomic E-state index is -4.71. The number of nitrogens with one attached hydrogen (secondary N) is 1. The van der Waals surface area contributed by atoms with Gasteiger partial charge in [-0.15, -0.1) is 0 Å². The quantitative estimate of drug-likeness (QED) is 0.547. The molecule has 0 heterocycles. The van der Waals surface area contributed by atoms with Gasteiger partial charge in [-0.3, -0.25) is 9.59 Å². The summed E-state index contributed by atoms with van der Waals surface area (Å²) in [4.78, 5) is 23.7. The lowest BCUT2D eigenvalue weighted by molar-refractivity contribution is -0.142. The molecule has 2 rings (SSSR count). The molecule has 31 heavy (non-hydrogen) atoms. The summed E-state index contributed by atoms with van der Waals surface area (Å²) in [5.74, 6) is -3.18. The maximum atomic E-state index is 14.0. The lowest BCUT2D eigenvalue weighted by atomic mass is 9.94. The van der Waals surface area contributed by atoms with Crippen LogP contribution in [0.5, 0.6) is 5.75 Å². The van der Waals surface area contributed by atoms with E-state index < -0.39 is 40.9 Å². The molecule has 168 valence electrons.